The van der Waals surface area contributed by atoms with Gasteiger partial charge in [0.25, 0.3) is 5.91 Å². The lowest BCUT2D eigenvalue weighted by Gasteiger charge is -2.26. The molecule has 1 fully saturated rings. The van der Waals surface area contributed by atoms with E-state index >= 15 is 0 Å². The predicted molar refractivity (Wildman–Crippen MR) is 129 cm³/mol. The molecule has 0 spiro atoms. The van der Waals surface area contributed by atoms with E-state index in [4.69, 9.17) is 4.74 Å². The number of benzene rings is 2. The van der Waals surface area contributed by atoms with Gasteiger partial charge in [-0.05, 0) is 36.2 Å². The molecule has 2 aromatic carbocycles. The molecule has 0 bridgehead atoms. The first-order chi connectivity index (χ1) is 17.0. The number of alkyl halides is 2. The number of halogens is 2. The fourth-order valence-corrected chi connectivity index (χ4v) is 3.93. The summed E-state index contributed by atoms with van der Waals surface area (Å²) in [5.41, 5.74) is 4.05. The van der Waals surface area contributed by atoms with Crippen LogP contribution in [0.15, 0.2) is 48.8 Å². The SMILES string of the molecule is CNC(=O)c1cc(C)c(-c2cnc(N3CCOCC3)nc2)cc1NCc1ccccc1OC(F)F. The third kappa shape index (κ3) is 5.83. The van der Waals surface area contributed by atoms with Crippen molar-refractivity contribution in [1.82, 2.24) is 15.3 Å². The van der Waals surface area contributed by atoms with Gasteiger partial charge >= 0.3 is 6.61 Å². The van der Waals surface area contributed by atoms with Gasteiger partial charge in [0.2, 0.25) is 5.95 Å². The van der Waals surface area contributed by atoms with E-state index in [0.29, 0.717) is 36.0 Å². The molecule has 0 aliphatic carbocycles. The first-order valence-corrected chi connectivity index (χ1v) is 11.2. The highest BCUT2D eigenvalue weighted by molar-refractivity contribution is 6.00. The van der Waals surface area contributed by atoms with Crippen molar-refractivity contribution >= 4 is 17.5 Å². The van der Waals surface area contributed by atoms with Gasteiger partial charge in [-0.25, -0.2) is 9.97 Å². The zero-order valence-corrected chi connectivity index (χ0v) is 19.6. The molecule has 1 saturated heterocycles. The summed E-state index contributed by atoms with van der Waals surface area (Å²) >= 11 is 0. The molecule has 2 heterocycles. The van der Waals surface area contributed by atoms with Crippen molar-refractivity contribution in [1.29, 1.82) is 0 Å². The monoisotopic (exact) mass is 483 g/mol. The number of morpholine rings is 1. The Morgan fingerprint density at radius 3 is 2.57 bits per heavy atom. The van der Waals surface area contributed by atoms with Crippen LogP contribution in [0.5, 0.6) is 5.75 Å². The van der Waals surface area contributed by atoms with Gasteiger partial charge < -0.3 is 25.0 Å². The number of nitrogens with zero attached hydrogens (tertiary/aromatic N) is 3. The highest BCUT2D eigenvalue weighted by atomic mass is 19.3. The fourth-order valence-electron chi connectivity index (χ4n) is 3.93. The summed E-state index contributed by atoms with van der Waals surface area (Å²) in [4.78, 5) is 23.7. The van der Waals surface area contributed by atoms with Crippen LogP contribution < -0.4 is 20.3 Å². The van der Waals surface area contributed by atoms with Crippen LogP contribution >= 0.6 is 0 Å². The Kier molecular flexibility index (Phi) is 7.71. The molecular weight excluding hydrogens is 456 g/mol. The average Bonchev–Trinajstić information content (AvgIpc) is 2.88. The number of rotatable bonds is 8. The second kappa shape index (κ2) is 11.1. The fraction of sp³-hybridized carbons (Fsp3) is 0.320. The second-order valence-corrected chi connectivity index (χ2v) is 8.00. The van der Waals surface area contributed by atoms with Gasteiger partial charge in [-0.2, -0.15) is 8.78 Å². The molecule has 1 aromatic heterocycles. The van der Waals surface area contributed by atoms with Crippen molar-refractivity contribution < 1.29 is 23.0 Å². The molecule has 1 aliphatic heterocycles. The quantitative estimate of drug-likeness (QED) is 0.503. The zero-order chi connectivity index (χ0) is 24.8. The minimum atomic E-state index is -2.93. The van der Waals surface area contributed by atoms with Crippen LogP contribution in [0.1, 0.15) is 21.5 Å². The maximum absolute atomic E-state index is 12.8. The highest BCUT2D eigenvalue weighted by Gasteiger charge is 2.17. The number of hydrogen-bond donors (Lipinski definition) is 2. The molecule has 3 aromatic rings. The van der Waals surface area contributed by atoms with E-state index in [0.717, 1.165) is 29.8 Å². The van der Waals surface area contributed by atoms with E-state index in [1.807, 2.05) is 13.0 Å². The van der Waals surface area contributed by atoms with Crippen LogP contribution in [-0.2, 0) is 11.3 Å². The van der Waals surface area contributed by atoms with Crippen LogP contribution in [0.3, 0.4) is 0 Å². The molecular formula is C25H27F2N5O3. The Hall–Kier alpha value is -3.79. The number of hydrogen-bond acceptors (Lipinski definition) is 7. The number of carbonyl (C=O) groups excluding carboxylic acids is 1. The lowest BCUT2D eigenvalue weighted by molar-refractivity contribution is -0.0504. The molecule has 2 N–H and O–H groups in total. The molecule has 0 radical (unpaired) electrons. The number of carbonyl (C=O) groups is 1. The normalized spacial score (nSPS) is 13.6. The van der Waals surface area contributed by atoms with E-state index in [1.54, 1.807) is 43.7 Å². The smallest absolute Gasteiger partial charge is 0.387 e. The lowest BCUT2D eigenvalue weighted by Crippen LogP contribution is -2.37. The Bertz CT molecular complexity index is 1170. The van der Waals surface area contributed by atoms with E-state index in [9.17, 15) is 13.6 Å². The number of para-hydroxylation sites is 1. The molecule has 1 aliphatic rings. The number of aromatic nitrogens is 2. The number of amides is 1. The van der Waals surface area contributed by atoms with Gasteiger partial charge in [0.15, 0.2) is 0 Å². The minimum Gasteiger partial charge on any atom is -0.434 e. The predicted octanol–water partition coefficient (Wildman–Crippen LogP) is 3.86. The van der Waals surface area contributed by atoms with E-state index in [2.05, 4.69) is 30.2 Å². The largest absolute Gasteiger partial charge is 0.434 e. The second-order valence-electron chi connectivity index (χ2n) is 8.00. The molecule has 35 heavy (non-hydrogen) atoms. The summed E-state index contributed by atoms with van der Waals surface area (Å²) < 4.78 is 35.6. The van der Waals surface area contributed by atoms with Gasteiger partial charge in [0.1, 0.15) is 5.75 Å². The highest BCUT2D eigenvalue weighted by Crippen LogP contribution is 2.31. The third-order valence-corrected chi connectivity index (χ3v) is 5.74. The molecule has 0 saturated carbocycles. The van der Waals surface area contributed by atoms with Crippen LogP contribution in [0.4, 0.5) is 20.4 Å². The molecule has 8 nitrogen and oxygen atoms in total. The number of anilines is 2. The van der Waals surface area contributed by atoms with Gasteiger partial charge in [0, 0.05) is 55.9 Å². The first-order valence-electron chi connectivity index (χ1n) is 11.2. The van der Waals surface area contributed by atoms with E-state index < -0.39 is 6.61 Å². The van der Waals surface area contributed by atoms with Gasteiger partial charge in [-0.1, -0.05) is 18.2 Å². The Labute approximate surface area is 202 Å². The van der Waals surface area contributed by atoms with Gasteiger partial charge in [-0.15, -0.1) is 0 Å². The molecule has 184 valence electrons. The molecule has 4 rings (SSSR count). The Morgan fingerprint density at radius 2 is 1.89 bits per heavy atom. The number of ether oxygens (including phenoxy) is 2. The summed E-state index contributed by atoms with van der Waals surface area (Å²) in [6, 6.07) is 10.2. The van der Waals surface area contributed by atoms with Crippen molar-refractivity contribution in [3.8, 4) is 16.9 Å². The average molecular weight is 484 g/mol. The van der Waals surface area contributed by atoms with Crippen molar-refractivity contribution in [2.75, 3.05) is 43.6 Å². The van der Waals surface area contributed by atoms with Crippen molar-refractivity contribution in [2.45, 2.75) is 20.1 Å². The van der Waals surface area contributed by atoms with Crippen LogP contribution in [0.25, 0.3) is 11.1 Å². The molecule has 0 atom stereocenters. The summed E-state index contributed by atoms with van der Waals surface area (Å²) in [5, 5.41) is 5.85. The molecule has 10 heteroatoms. The zero-order valence-electron chi connectivity index (χ0n) is 19.6. The van der Waals surface area contributed by atoms with E-state index in [-0.39, 0.29) is 18.2 Å². The Morgan fingerprint density at radius 1 is 1.17 bits per heavy atom. The standard InChI is InChI=1S/C25H27F2N5O3/c1-16-11-20(23(33)28-2)21(29-13-17-5-3-4-6-22(17)35-24(26)27)12-19(16)18-14-30-25(31-15-18)32-7-9-34-10-8-32/h3-6,11-12,14-15,24,29H,7-10,13H2,1-2H3,(H,28,33). The summed E-state index contributed by atoms with van der Waals surface area (Å²) in [6.45, 7) is 1.93. The maximum atomic E-state index is 12.8. The lowest BCUT2D eigenvalue weighted by atomic mass is 9.98. The van der Waals surface area contributed by atoms with Gasteiger partial charge in [0.05, 0.1) is 18.8 Å². The summed E-state index contributed by atoms with van der Waals surface area (Å²) in [6.07, 6.45) is 3.52. The summed E-state index contributed by atoms with van der Waals surface area (Å²) in [5.74, 6) is 0.458. The van der Waals surface area contributed by atoms with Gasteiger partial charge in [-0.3, -0.25) is 4.79 Å². The van der Waals surface area contributed by atoms with Crippen LogP contribution in [0.2, 0.25) is 0 Å². The van der Waals surface area contributed by atoms with Crippen molar-refractivity contribution in [2.24, 2.45) is 0 Å². The first kappa shape index (κ1) is 24.3. The molecule has 1 amide bonds. The molecule has 0 unspecified atom stereocenters. The summed E-state index contributed by atoms with van der Waals surface area (Å²) in [7, 11) is 1.55. The van der Waals surface area contributed by atoms with Crippen molar-refractivity contribution in [3.63, 3.8) is 0 Å². The van der Waals surface area contributed by atoms with Crippen LogP contribution in [0, 0.1) is 6.92 Å². The van der Waals surface area contributed by atoms with Crippen molar-refractivity contribution in [3.05, 3.63) is 65.5 Å². The topological polar surface area (TPSA) is 88.6 Å². The maximum Gasteiger partial charge on any atom is 0.387 e. The van der Waals surface area contributed by atoms with E-state index in [1.165, 1.54) is 6.07 Å². The Balaban J connectivity index is 1.62. The third-order valence-electron chi connectivity index (χ3n) is 5.74. The number of nitrogens with one attached hydrogen (secondary N) is 2. The number of aryl methyl sites for hydroxylation is 1. The minimum absolute atomic E-state index is 0.0796. The van der Waals surface area contributed by atoms with Crippen LogP contribution in [-0.4, -0.2) is 55.8 Å².